The van der Waals surface area contributed by atoms with Crippen LogP contribution < -0.4 is 0 Å². The van der Waals surface area contributed by atoms with Gasteiger partial charge in [-0.1, -0.05) is 5.70 Å². The normalized spacial score (nSPS) is 13.3. The van der Waals surface area contributed by atoms with Crippen LogP contribution in [-0.2, 0) is 18.0 Å². The van der Waals surface area contributed by atoms with Crippen molar-refractivity contribution >= 4 is 16.9 Å². The Balaban J connectivity index is 4.35. The monoisotopic (exact) mass is 250 g/mol. The highest BCUT2D eigenvalue weighted by Crippen LogP contribution is 2.18. The number of hydrogen-bond acceptors (Lipinski definition) is 4. The first-order valence-corrected chi connectivity index (χ1v) is 10.6. The van der Waals surface area contributed by atoms with Crippen molar-refractivity contribution < 1.29 is 18.0 Å². The van der Waals surface area contributed by atoms with Crippen LogP contribution in [0.3, 0.4) is 0 Å². The van der Waals surface area contributed by atoms with Crippen molar-refractivity contribution in [2.75, 3.05) is 14.2 Å². The van der Waals surface area contributed by atoms with Crippen molar-refractivity contribution in [1.82, 2.24) is 0 Å². The molecule has 0 fully saturated rings. The van der Waals surface area contributed by atoms with E-state index in [1.807, 2.05) is 18.8 Å². The third-order valence-electron chi connectivity index (χ3n) is 1.77. The SMILES string of the molecule is C=C[Si](C)(C)O[Si](C)(C)OC(OC)OC. The topological polar surface area (TPSA) is 36.9 Å². The maximum Gasteiger partial charge on any atom is 0.326 e. The molecule has 0 spiro atoms. The highest BCUT2D eigenvalue weighted by molar-refractivity contribution is 6.85. The molecule has 0 heterocycles. The summed E-state index contributed by atoms with van der Waals surface area (Å²) in [6, 6.07) is 0. The third kappa shape index (κ3) is 6.23. The van der Waals surface area contributed by atoms with Gasteiger partial charge in [-0.3, -0.25) is 0 Å². The molecule has 0 atom stereocenters. The van der Waals surface area contributed by atoms with Crippen LogP contribution in [0.4, 0.5) is 0 Å². The molecule has 0 aliphatic rings. The van der Waals surface area contributed by atoms with Crippen LogP contribution in [0, 0.1) is 0 Å². The molecule has 6 heteroatoms. The minimum Gasteiger partial charge on any atom is -0.433 e. The third-order valence-corrected chi connectivity index (χ3v) is 7.58. The predicted molar refractivity (Wildman–Crippen MR) is 65.1 cm³/mol. The van der Waals surface area contributed by atoms with Crippen LogP contribution in [0.5, 0.6) is 0 Å². The molecule has 0 aliphatic heterocycles. The lowest BCUT2D eigenvalue weighted by molar-refractivity contribution is -0.229. The average molecular weight is 250 g/mol. The van der Waals surface area contributed by atoms with Gasteiger partial charge in [-0.2, -0.15) is 0 Å². The molecule has 0 aromatic heterocycles. The Bertz CT molecular complexity index is 202. The fraction of sp³-hybridized carbons (Fsp3) is 0.778. The molecule has 0 saturated heterocycles. The van der Waals surface area contributed by atoms with E-state index in [0.717, 1.165) is 0 Å². The van der Waals surface area contributed by atoms with Gasteiger partial charge in [0, 0.05) is 14.2 Å². The van der Waals surface area contributed by atoms with Gasteiger partial charge in [-0.05, 0) is 26.2 Å². The van der Waals surface area contributed by atoms with E-state index >= 15 is 0 Å². The molecule has 0 N–H and O–H groups in total. The van der Waals surface area contributed by atoms with E-state index < -0.39 is 23.4 Å². The van der Waals surface area contributed by atoms with E-state index in [9.17, 15) is 0 Å². The van der Waals surface area contributed by atoms with Crippen LogP contribution in [0.15, 0.2) is 12.3 Å². The minimum atomic E-state index is -2.22. The molecular formula is C9H22O4Si2. The Morgan fingerprint density at radius 3 is 1.87 bits per heavy atom. The van der Waals surface area contributed by atoms with Gasteiger partial charge in [0.2, 0.25) is 0 Å². The van der Waals surface area contributed by atoms with E-state index in [2.05, 4.69) is 19.7 Å². The summed E-state index contributed by atoms with van der Waals surface area (Å²) < 4.78 is 21.6. The summed E-state index contributed by atoms with van der Waals surface area (Å²) in [6.45, 7) is 11.2. The molecular weight excluding hydrogens is 228 g/mol. The van der Waals surface area contributed by atoms with Crippen molar-refractivity contribution in [1.29, 1.82) is 0 Å². The molecule has 0 rings (SSSR count). The molecule has 0 amide bonds. The Hall–Kier alpha value is 0.0138. The summed E-state index contributed by atoms with van der Waals surface area (Å²) in [4.78, 5) is 0. The molecule has 4 nitrogen and oxygen atoms in total. The molecule has 0 saturated carbocycles. The molecule has 0 aromatic carbocycles. The molecule has 0 unspecified atom stereocenters. The summed E-state index contributed by atoms with van der Waals surface area (Å²) in [5.74, 6) is 0. The molecule has 15 heavy (non-hydrogen) atoms. The molecule has 0 aliphatic carbocycles. The summed E-state index contributed by atoms with van der Waals surface area (Å²) in [6.07, 6.45) is 0. The van der Waals surface area contributed by atoms with Crippen molar-refractivity contribution in [3.8, 4) is 0 Å². The van der Waals surface area contributed by atoms with Gasteiger partial charge in [-0.25, -0.2) is 0 Å². The first-order chi connectivity index (χ1) is 6.76. The molecule has 0 radical (unpaired) electrons. The zero-order chi connectivity index (χ0) is 12.1. The van der Waals surface area contributed by atoms with E-state index in [0.29, 0.717) is 0 Å². The van der Waals surface area contributed by atoms with Crippen molar-refractivity contribution in [2.45, 2.75) is 32.7 Å². The average Bonchev–Trinajstić information content (AvgIpc) is 2.12. The van der Waals surface area contributed by atoms with E-state index in [4.69, 9.17) is 18.0 Å². The van der Waals surface area contributed by atoms with E-state index in [1.54, 1.807) is 0 Å². The molecule has 90 valence electrons. The highest BCUT2D eigenvalue weighted by Gasteiger charge is 2.35. The van der Waals surface area contributed by atoms with Crippen LogP contribution in [0.2, 0.25) is 26.2 Å². The highest BCUT2D eigenvalue weighted by atomic mass is 28.4. The standard InChI is InChI=1S/C9H22O4Si2/c1-8-14(4,5)13-15(6,7)12-9(10-2)11-3/h8-9H,1H2,2-7H3. The summed E-state index contributed by atoms with van der Waals surface area (Å²) in [5, 5.41) is 0. The van der Waals surface area contributed by atoms with E-state index in [-0.39, 0.29) is 0 Å². The lowest BCUT2D eigenvalue weighted by Crippen LogP contribution is -2.48. The van der Waals surface area contributed by atoms with Crippen LogP contribution >= 0.6 is 0 Å². The fourth-order valence-electron chi connectivity index (χ4n) is 1.12. The summed E-state index contributed by atoms with van der Waals surface area (Å²) in [5.41, 5.74) is 1.89. The molecule has 0 aromatic rings. The quantitative estimate of drug-likeness (QED) is 0.513. The largest absolute Gasteiger partial charge is 0.433 e. The van der Waals surface area contributed by atoms with Gasteiger partial charge in [-0.15, -0.1) is 6.58 Å². The number of hydrogen-bond donors (Lipinski definition) is 0. The van der Waals surface area contributed by atoms with Gasteiger partial charge in [0.25, 0.3) is 6.48 Å². The Labute approximate surface area is 94.6 Å². The van der Waals surface area contributed by atoms with Gasteiger partial charge >= 0.3 is 8.56 Å². The van der Waals surface area contributed by atoms with E-state index in [1.165, 1.54) is 14.2 Å². The Kier molecular flexibility index (Phi) is 5.93. The van der Waals surface area contributed by atoms with Crippen LogP contribution in [0.1, 0.15) is 0 Å². The fourth-order valence-corrected chi connectivity index (χ4v) is 7.37. The van der Waals surface area contributed by atoms with Crippen molar-refractivity contribution in [2.24, 2.45) is 0 Å². The van der Waals surface area contributed by atoms with Gasteiger partial charge in [0.1, 0.15) is 0 Å². The smallest absolute Gasteiger partial charge is 0.326 e. The Morgan fingerprint density at radius 2 is 1.53 bits per heavy atom. The van der Waals surface area contributed by atoms with Gasteiger partial charge in [0.05, 0.1) is 0 Å². The van der Waals surface area contributed by atoms with Gasteiger partial charge in [0.15, 0.2) is 8.32 Å². The summed E-state index contributed by atoms with van der Waals surface area (Å²) in [7, 11) is -0.967. The number of methoxy groups -OCH3 is 2. The maximum atomic E-state index is 5.99. The molecule has 0 bridgehead atoms. The zero-order valence-corrected chi connectivity index (χ0v) is 12.5. The van der Waals surface area contributed by atoms with Crippen LogP contribution in [-0.4, -0.2) is 37.6 Å². The van der Waals surface area contributed by atoms with Crippen molar-refractivity contribution in [3.05, 3.63) is 12.3 Å². The zero-order valence-electron chi connectivity index (χ0n) is 10.5. The van der Waals surface area contributed by atoms with Crippen LogP contribution in [0.25, 0.3) is 0 Å². The van der Waals surface area contributed by atoms with Gasteiger partial charge < -0.3 is 18.0 Å². The van der Waals surface area contributed by atoms with Crippen molar-refractivity contribution in [3.63, 3.8) is 0 Å². The lowest BCUT2D eigenvalue weighted by Gasteiger charge is -2.33. The number of ether oxygens (including phenoxy) is 2. The predicted octanol–water partition coefficient (Wildman–Crippen LogP) is 2.23. The maximum absolute atomic E-state index is 5.99. The second-order valence-corrected chi connectivity index (χ2v) is 11.7. The first-order valence-electron chi connectivity index (χ1n) is 4.83. The second kappa shape index (κ2) is 5.93. The summed E-state index contributed by atoms with van der Waals surface area (Å²) >= 11 is 0. The number of rotatable bonds is 7. The Morgan fingerprint density at radius 1 is 1.07 bits per heavy atom. The first kappa shape index (κ1) is 15.0. The lowest BCUT2D eigenvalue weighted by atomic mass is 11.2. The second-order valence-electron chi connectivity index (χ2n) is 4.19. The minimum absolute atomic E-state index is 0.652.